The number of halogens is 1. The zero-order valence-electron chi connectivity index (χ0n) is 15.3. The third-order valence-electron chi connectivity index (χ3n) is 4.30. The molecule has 0 aliphatic carbocycles. The number of benzene rings is 1. The van der Waals surface area contributed by atoms with Crippen LogP contribution < -0.4 is 14.8 Å². The van der Waals surface area contributed by atoms with Crippen molar-refractivity contribution in [2.75, 3.05) is 39.9 Å². The first-order valence-electron chi connectivity index (χ1n) is 9.01. The van der Waals surface area contributed by atoms with Crippen LogP contribution in [0.25, 0.3) is 0 Å². The van der Waals surface area contributed by atoms with Crippen molar-refractivity contribution in [2.45, 2.75) is 32.6 Å². The van der Waals surface area contributed by atoms with Gasteiger partial charge in [0, 0.05) is 19.5 Å². The molecule has 1 aliphatic rings. The summed E-state index contributed by atoms with van der Waals surface area (Å²) in [5, 5.41) is 3.21. The smallest absolute Gasteiger partial charge is 0.222 e. The fourth-order valence-corrected chi connectivity index (χ4v) is 3.12. The summed E-state index contributed by atoms with van der Waals surface area (Å²) in [6.07, 6.45) is 3.63. The van der Waals surface area contributed by atoms with Gasteiger partial charge >= 0.3 is 0 Å². The van der Waals surface area contributed by atoms with Gasteiger partial charge in [0.15, 0.2) is 0 Å². The third-order valence-corrected chi connectivity index (χ3v) is 4.30. The van der Waals surface area contributed by atoms with Crippen molar-refractivity contribution in [3.63, 3.8) is 0 Å². The van der Waals surface area contributed by atoms with Gasteiger partial charge in [0.2, 0.25) is 5.91 Å². The summed E-state index contributed by atoms with van der Waals surface area (Å²) in [5.74, 6) is 2.51. The van der Waals surface area contributed by atoms with Gasteiger partial charge < -0.3 is 19.7 Å². The normalized spacial score (nSPS) is 16.9. The van der Waals surface area contributed by atoms with E-state index >= 15 is 0 Å². The van der Waals surface area contributed by atoms with E-state index < -0.39 is 0 Å². The Morgan fingerprint density at radius 3 is 2.56 bits per heavy atom. The molecule has 0 radical (unpaired) electrons. The Labute approximate surface area is 157 Å². The number of ether oxygens (including phenoxy) is 2. The second-order valence-corrected chi connectivity index (χ2v) is 6.26. The molecule has 1 atom stereocenters. The fraction of sp³-hybridized carbons (Fsp3) is 0.632. The Balaban J connectivity index is 0.00000312. The zero-order chi connectivity index (χ0) is 17.2. The van der Waals surface area contributed by atoms with Crippen LogP contribution in [0.2, 0.25) is 0 Å². The first-order valence-corrected chi connectivity index (χ1v) is 9.01. The molecule has 1 aromatic rings. The van der Waals surface area contributed by atoms with E-state index in [1.807, 2.05) is 43.1 Å². The van der Waals surface area contributed by atoms with Crippen LogP contribution in [0.5, 0.6) is 11.5 Å². The quantitative estimate of drug-likeness (QED) is 0.678. The van der Waals surface area contributed by atoms with Gasteiger partial charge in [-0.3, -0.25) is 4.79 Å². The maximum Gasteiger partial charge on any atom is 0.222 e. The lowest BCUT2D eigenvalue weighted by molar-refractivity contribution is -0.133. The molecule has 1 saturated heterocycles. The van der Waals surface area contributed by atoms with Gasteiger partial charge in [-0.15, -0.1) is 12.4 Å². The molecular formula is C19H31ClN2O3. The molecule has 25 heavy (non-hydrogen) atoms. The molecule has 6 heteroatoms. The first-order chi connectivity index (χ1) is 11.7. The molecule has 1 N–H and O–H groups in total. The highest BCUT2D eigenvalue weighted by Gasteiger charge is 2.22. The largest absolute Gasteiger partial charge is 0.494 e. The van der Waals surface area contributed by atoms with Crippen LogP contribution in [0, 0.1) is 5.92 Å². The van der Waals surface area contributed by atoms with Crippen molar-refractivity contribution in [1.82, 2.24) is 10.2 Å². The Morgan fingerprint density at radius 1 is 1.24 bits per heavy atom. The summed E-state index contributed by atoms with van der Waals surface area (Å²) in [6, 6.07) is 7.61. The number of likely N-dealkylation sites (tertiary alicyclic amines) is 1. The Hall–Kier alpha value is -1.46. The van der Waals surface area contributed by atoms with E-state index in [1.165, 1.54) is 6.42 Å². The number of nitrogens with one attached hydrogen (secondary N) is 1. The van der Waals surface area contributed by atoms with Crippen molar-refractivity contribution in [3.05, 3.63) is 24.3 Å². The molecule has 0 aromatic heterocycles. The summed E-state index contributed by atoms with van der Waals surface area (Å²) < 4.78 is 11.1. The lowest BCUT2D eigenvalue weighted by atomic mass is 9.97. The summed E-state index contributed by atoms with van der Waals surface area (Å²) in [6.45, 7) is 5.97. The molecule has 1 fully saturated rings. The number of piperidine rings is 1. The van der Waals surface area contributed by atoms with E-state index in [4.69, 9.17) is 9.47 Å². The maximum atomic E-state index is 12.3. The third kappa shape index (κ3) is 7.53. The van der Waals surface area contributed by atoms with Crippen molar-refractivity contribution in [3.8, 4) is 11.5 Å². The monoisotopic (exact) mass is 370 g/mol. The maximum absolute atomic E-state index is 12.3. The van der Waals surface area contributed by atoms with E-state index in [1.54, 1.807) is 0 Å². The second-order valence-electron chi connectivity index (χ2n) is 6.26. The number of carbonyl (C=O) groups is 1. The topological polar surface area (TPSA) is 50.8 Å². The van der Waals surface area contributed by atoms with Crippen molar-refractivity contribution >= 4 is 18.3 Å². The van der Waals surface area contributed by atoms with E-state index in [9.17, 15) is 4.79 Å². The van der Waals surface area contributed by atoms with Crippen LogP contribution >= 0.6 is 12.4 Å². The van der Waals surface area contributed by atoms with E-state index in [2.05, 4.69) is 5.32 Å². The average molecular weight is 371 g/mol. The average Bonchev–Trinajstić information content (AvgIpc) is 2.61. The van der Waals surface area contributed by atoms with Gasteiger partial charge in [0.05, 0.1) is 13.2 Å². The fourth-order valence-electron chi connectivity index (χ4n) is 3.12. The molecule has 1 amide bonds. The van der Waals surface area contributed by atoms with Crippen LogP contribution in [0.4, 0.5) is 0 Å². The van der Waals surface area contributed by atoms with Gasteiger partial charge in [-0.2, -0.15) is 0 Å². The molecule has 0 bridgehead atoms. The van der Waals surface area contributed by atoms with Gasteiger partial charge in [-0.1, -0.05) is 0 Å². The number of nitrogens with zero attached hydrogens (tertiary/aromatic N) is 1. The minimum absolute atomic E-state index is 0. The van der Waals surface area contributed by atoms with Gasteiger partial charge in [0.25, 0.3) is 0 Å². The standard InChI is InChI=1S/C19H30N2O3.ClH/c1-3-23-17-8-10-18(11-9-17)24-13-5-7-19(22)21-12-4-6-16(15-21)14-20-2;/h8-11,16,20H,3-7,12-15H2,1-2H3;1H. The summed E-state index contributed by atoms with van der Waals surface area (Å²) in [4.78, 5) is 14.3. The molecule has 1 aromatic carbocycles. The number of carbonyl (C=O) groups excluding carboxylic acids is 1. The van der Waals surface area contributed by atoms with E-state index in [-0.39, 0.29) is 18.3 Å². The van der Waals surface area contributed by atoms with Gasteiger partial charge in [-0.25, -0.2) is 0 Å². The lowest BCUT2D eigenvalue weighted by Gasteiger charge is -2.32. The van der Waals surface area contributed by atoms with Crippen molar-refractivity contribution in [1.29, 1.82) is 0 Å². The molecule has 1 aliphatic heterocycles. The molecule has 1 unspecified atom stereocenters. The summed E-state index contributed by atoms with van der Waals surface area (Å²) >= 11 is 0. The van der Waals surface area contributed by atoms with Gasteiger partial charge in [-0.05, 0) is 70.0 Å². The van der Waals surface area contributed by atoms with Crippen LogP contribution in [-0.2, 0) is 4.79 Å². The molecule has 1 heterocycles. The predicted octanol–water partition coefficient (Wildman–Crippen LogP) is 3.12. The Bertz CT molecular complexity index is 494. The van der Waals surface area contributed by atoms with Gasteiger partial charge in [0.1, 0.15) is 11.5 Å². The minimum atomic E-state index is 0. The van der Waals surface area contributed by atoms with Crippen molar-refractivity contribution in [2.24, 2.45) is 5.92 Å². The molecule has 2 rings (SSSR count). The number of amides is 1. The number of rotatable bonds is 9. The number of hydrogen-bond donors (Lipinski definition) is 1. The van der Waals surface area contributed by atoms with Crippen LogP contribution in [0.1, 0.15) is 32.6 Å². The lowest BCUT2D eigenvalue weighted by Crippen LogP contribution is -2.42. The molecule has 0 saturated carbocycles. The molecule has 5 nitrogen and oxygen atoms in total. The van der Waals surface area contributed by atoms with E-state index in [0.29, 0.717) is 25.6 Å². The van der Waals surface area contributed by atoms with Crippen molar-refractivity contribution < 1.29 is 14.3 Å². The summed E-state index contributed by atoms with van der Waals surface area (Å²) in [5.41, 5.74) is 0. The van der Waals surface area contributed by atoms with Crippen LogP contribution in [0.15, 0.2) is 24.3 Å². The highest BCUT2D eigenvalue weighted by molar-refractivity contribution is 5.85. The highest BCUT2D eigenvalue weighted by atomic mass is 35.5. The van der Waals surface area contributed by atoms with Crippen LogP contribution in [-0.4, -0.2) is 50.7 Å². The Morgan fingerprint density at radius 2 is 1.92 bits per heavy atom. The number of hydrogen-bond acceptors (Lipinski definition) is 4. The molecule has 142 valence electrons. The summed E-state index contributed by atoms with van der Waals surface area (Å²) in [7, 11) is 1.97. The Kier molecular flexibility index (Phi) is 10.3. The minimum Gasteiger partial charge on any atom is -0.494 e. The second kappa shape index (κ2) is 12.0. The first kappa shape index (κ1) is 21.6. The van der Waals surface area contributed by atoms with E-state index in [0.717, 1.165) is 44.0 Å². The predicted molar refractivity (Wildman–Crippen MR) is 103 cm³/mol. The molecule has 0 spiro atoms. The highest BCUT2D eigenvalue weighted by Crippen LogP contribution is 2.19. The molecular weight excluding hydrogens is 340 g/mol. The van der Waals surface area contributed by atoms with Crippen LogP contribution in [0.3, 0.4) is 0 Å². The zero-order valence-corrected chi connectivity index (χ0v) is 16.1. The SMILES string of the molecule is CCOc1ccc(OCCCC(=O)N2CCCC(CNC)C2)cc1.Cl.